The van der Waals surface area contributed by atoms with E-state index in [0.717, 1.165) is 9.37 Å². The van der Waals surface area contributed by atoms with Crippen LogP contribution in [0, 0.1) is 10.1 Å². The molecule has 2 aromatic carbocycles. The molecule has 0 bridgehead atoms. The first-order valence-corrected chi connectivity index (χ1v) is 10.2. The molecule has 1 aromatic heterocycles. The largest absolute Gasteiger partial charge is 0.447 e. The summed E-state index contributed by atoms with van der Waals surface area (Å²) in [4.78, 5) is 23.4. The van der Waals surface area contributed by atoms with E-state index in [9.17, 15) is 14.9 Å². The molecule has 0 fully saturated rings. The molecule has 10 heteroatoms. The van der Waals surface area contributed by atoms with Gasteiger partial charge in [-0.25, -0.2) is 5.43 Å². The molecule has 148 valence electrons. The maximum Gasteiger partial charge on any atom is 0.273 e. The summed E-state index contributed by atoms with van der Waals surface area (Å²) in [6.45, 7) is 0. The van der Waals surface area contributed by atoms with E-state index in [2.05, 4.69) is 26.5 Å². The zero-order valence-corrected chi connectivity index (χ0v) is 17.8. The van der Waals surface area contributed by atoms with Crippen LogP contribution in [-0.4, -0.2) is 17.0 Å². The second-order valence-electron chi connectivity index (χ2n) is 5.70. The molecule has 3 aromatic rings. The first-order valence-electron chi connectivity index (χ1n) is 8.19. The van der Waals surface area contributed by atoms with Crippen molar-refractivity contribution in [2.75, 3.05) is 0 Å². The van der Waals surface area contributed by atoms with Gasteiger partial charge in [0, 0.05) is 27.6 Å². The van der Waals surface area contributed by atoms with Crippen LogP contribution >= 0.6 is 39.3 Å². The van der Waals surface area contributed by atoms with Crippen molar-refractivity contribution in [3.8, 4) is 0 Å². The Morgan fingerprint density at radius 2 is 2.00 bits per heavy atom. The quantitative estimate of drug-likeness (QED) is 0.268. The molecule has 0 spiro atoms. The standard InChI is InChI=1S/C19H13BrClN3O4S/c20-16-10-14(28-19(16)29-15-7-5-13(21)6-8-15)11-22-23-18(25)9-12-3-1-2-4-17(12)24(26)27/h1-8,10-11H,9H2,(H,23,25)/b22-11+. The second kappa shape index (κ2) is 9.73. The minimum absolute atomic E-state index is 0.106. The van der Waals surface area contributed by atoms with E-state index in [1.807, 2.05) is 12.1 Å². The van der Waals surface area contributed by atoms with Gasteiger partial charge < -0.3 is 4.42 Å². The second-order valence-corrected chi connectivity index (χ2v) is 8.03. The average Bonchev–Trinajstić information content (AvgIpc) is 3.03. The monoisotopic (exact) mass is 493 g/mol. The van der Waals surface area contributed by atoms with Gasteiger partial charge in [-0.15, -0.1) is 0 Å². The van der Waals surface area contributed by atoms with Crippen molar-refractivity contribution in [3.05, 3.63) is 85.5 Å². The minimum Gasteiger partial charge on any atom is -0.447 e. The summed E-state index contributed by atoms with van der Waals surface area (Å²) in [5.41, 5.74) is 2.55. The molecule has 0 aliphatic rings. The maximum atomic E-state index is 12.0. The third kappa shape index (κ3) is 5.93. The van der Waals surface area contributed by atoms with E-state index in [0.29, 0.717) is 21.4 Å². The van der Waals surface area contributed by atoms with Crippen LogP contribution < -0.4 is 5.43 Å². The topological polar surface area (TPSA) is 97.7 Å². The summed E-state index contributed by atoms with van der Waals surface area (Å²) in [7, 11) is 0. The van der Waals surface area contributed by atoms with Crippen molar-refractivity contribution in [1.82, 2.24) is 5.43 Å². The lowest BCUT2D eigenvalue weighted by Crippen LogP contribution is -2.20. The number of nitro groups is 1. The van der Waals surface area contributed by atoms with Crippen molar-refractivity contribution in [2.45, 2.75) is 16.4 Å². The van der Waals surface area contributed by atoms with Gasteiger partial charge in [0.1, 0.15) is 5.76 Å². The third-order valence-corrected chi connectivity index (χ3v) is 5.72. The van der Waals surface area contributed by atoms with E-state index in [-0.39, 0.29) is 12.1 Å². The smallest absolute Gasteiger partial charge is 0.273 e. The number of hydrogen-bond donors (Lipinski definition) is 1. The van der Waals surface area contributed by atoms with Crippen molar-refractivity contribution < 1.29 is 14.1 Å². The molecular weight excluding hydrogens is 482 g/mol. The first-order chi connectivity index (χ1) is 13.9. The fourth-order valence-electron chi connectivity index (χ4n) is 2.33. The van der Waals surface area contributed by atoms with Gasteiger partial charge in [-0.2, -0.15) is 5.10 Å². The predicted octanol–water partition coefficient (Wildman–Crippen LogP) is 5.45. The molecule has 0 aliphatic heterocycles. The molecule has 0 saturated heterocycles. The summed E-state index contributed by atoms with van der Waals surface area (Å²) in [5.74, 6) is -0.0451. The van der Waals surface area contributed by atoms with Gasteiger partial charge in [0.15, 0.2) is 5.09 Å². The van der Waals surface area contributed by atoms with Crippen LogP contribution in [0.3, 0.4) is 0 Å². The Morgan fingerprint density at radius 1 is 1.28 bits per heavy atom. The molecule has 0 radical (unpaired) electrons. The van der Waals surface area contributed by atoms with Crippen molar-refractivity contribution in [1.29, 1.82) is 0 Å². The van der Waals surface area contributed by atoms with E-state index in [1.54, 1.807) is 30.3 Å². The third-order valence-electron chi connectivity index (χ3n) is 3.62. The van der Waals surface area contributed by atoms with E-state index >= 15 is 0 Å². The van der Waals surface area contributed by atoms with E-state index < -0.39 is 10.8 Å². The summed E-state index contributed by atoms with van der Waals surface area (Å²) >= 11 is 10.7. The van der Waals surface area contributed by atoms with Crippen LogP contribution in [0.1, 0.15) is 11.3 Å². The number of hydrogen-bond acceptors (Lipinski definition) is 6. The number of carbonyl (C=O) groups excluding carboxylic acids is 1. The van der Waals surface area contributed by atoms with Crippen LogP contribution in [0.15, 0.2) is 78.6 Å². The number of halogens is 2. The first kappa shape index (κ1) is 21.1. The number of nitrogens with one attached hydrogen (secondary N) is 1. The number of benzene rings is 2. The van der Waals surface area contributed by atoms with E-state index in [4.69, 9.17) is 16.0 Å². The summed E-state index contributed by atoms with van der Waals surface area (Å²) < 4.78 is 6.43. The van der Waals surface area contributed by atoms with Gasteiger partial charge in [0.25, 0.3) is 5.69 Å². The lowest BCUT2D eigenvalue weighted by atomic mass is 10.1. The fraction of sp³-hybridized carbons (Fsp3) is 0.0526. The summed E-state index contributed by atoms with van der Waals surface area (Å²) in [6, 6.07) is 15.1. The Kier molecular flexibility index (Phi) is 7.08. The zero-order valence-electron chi connectivity index (χ0n) is 14.7. The van der Waals surface area contributed by atoms with Gasteiger partial charge >= 0.3 is 0 Å². The molecule has 3 rings (SSSR count). The highest BCUT2D eigenvalue weighted by Crippen LogP contribution is 2.35. The normalized spacial score (nSPS) is 11.0. The summed E-state index contributed by atoms with van der Waals surface area (Å²) in [5, 5.41) is 16.1. The summed E-state index contributed by atoms with van der Waals surface area (Å²) in [6.07, 6.45) is 1.20. The Hall–Kier alpha value is -2.62. The molecular formula is C19H13BrClN3O4S. The van der Waals surface area contributed by atoms with Crippen LogP contribution in [0.5, 0.6) is 0 Å². The fourth-order valence-corrected chi connectivity index (χ4v) is 3.79. The molecule has 7 nitrogen and oxygen atoms in total. The average molecular weight is 495 g/mol. The maximum absolute atomic E-state index is 12.0. The zero-order chi connectivity index (χ0) is 20.8. The van der Waals surface area contributed by atoms with Gasteiger partial charge in [-0.1, -0.05) is 41.6 Å². The molecule has 0 unspecified atom stereocenters. The number of rotatable bonds is 7. The molecule has 29 heavy (non-hydrogen) atoms. The Morgan fingerprint density at radius 3 is 2.72 bits per heavy atom. The lowest BCUT2D eigenvalue weighted by molar-refractivity contribution is -0.385. The number of furan rings is 1. The molecule has 1 amide bonds. The molecule has 0 saturated carbocycles. The number of carbonyl (C=O) groups is 1. The molecule has 0 atom stereocenters. The molecule has 1 heterocycles. The van der Waals surface area contributed by atoms with Gasteiger partial charge in [0.2, 0.25) is 5.91 Å². The number of nitrogens with zero attached hydrogens (tertiary/aromatic N) is 2. The number of nitro benzene ring substituents is 1. The Balaban J connectivity index is 1.60. The highest BCUT2D eigenvalue weighted by Gasteiger charge is 2.15. The van der Waals surface area contributed by atoms with Crippen LogP contribution in [-0.2, 0) is 11.2 Å². The molecule has 0 aliphatic carbocycles. The number of hydrazone groups is 1. The number of para-hydroxylation sites is 1. The van der Waals surface area contributed by atoms with Gasteiger partial charge in [-0.3, -0.25) is 14.9 Å². The van der Waals surface area contributed by atoms with Crippen LogP contribution in [0.2, 0.25) is 5.02 Å². The lowest BCUT2D eigenvalue weighted by Gasteiger charge is -2.01. The van der Waals surface area contributed by atoms with Crippen LogP contribution in [0.4, 0.5) is 5.69 Å². The Labute approximate surface area is 183 Å². The number of amides is 1. The Bertz CT molecular complexity index is 1070. The highest BCUT2D eigenvalue weighted by molar-refractivity contribution is 9.10. The SMILES string of the molecule is O=C(Cc1ccccc1[N+](=O)[O-])N/N=C/c1cc(Br)c(Sc2ccc(Cl)cc2)o1. The van der Waals surface area contributed by atoms with Gasteiger partial charge in [-0.05, 0) is 40.2 Å². The predicted molar refractivity (Wildman–Crippen MR) is 115 cm³/mol. The highest BCUT2D eigenvalue weighted by atomic mass is 79.9. The molecule has 1 N–H and O–H groups in total. The van der Waals surface area contributed by atoms with Gasteiger partial charge in [0.05, 0.1) is 22.0 Å². The minimum atomic E-state index is -0.522. The van der Waals surface area contributed by atoms with Crippen molar-refractivity contribution in [2.24, 2.45) is 5.10 Å². The van der Waals surface area contributed by atoms with Crippen molar-refractivity contribution in [3.63, 3.8) is 0 Å². The van der Waals surface area contributed by atoms with Crippen molar-refractivity contribution >= 4 is 57.1 Å². The van der Waals surface area contributed by atoms with Crippen LogP contribution in [0.25, 0.3) is 0 Å². The van der Waals surface area contributed by atoms with E-state index in [1.165, 1.54) is 30.1 Å².